The van der Waals surface area contributed by atoms with E-state index in [-0.39, 0.29) is 0 Å². The summed E-state index contributed by atoms with van der Waals surface area (Å²) >= 11 is 1.87. The van der Waals surface area contributed by atoms with Crippen molar-refractivity contribution in [2.75, 3.05) is 38.0 Å². The molecule has 0 N–H and O–H groups in total. The summed E-state index contributed by atoms with van der Waals surface area (Å²) in [6.07, 6.45) is 0. The number of hydrogen-bond acceptors (Lipinski definition) is 3. The smallest absolute Gasteiger partial charge is 0.113 e. The molecule has 0 spiro atoms. The highest BCUT2D eigenvalue weighted by molar-refractivity contribution is 7.10. The number of benzene rings is 2. The molecule has 0 saturated carbocycles. The van der Waals surface area contributed by atoms with Crippen molar-refractivity contribution < 1.29 is 0 Å². The van der Waals surface area contributed by atoms with E-state index >= 15 is 0 Å². The fourth-order valence-electron chi connectivity index (χ4n) is 4.31. The molecule has 0 fully saturated rings. The summed E-state index contributed by atoms with van der Waals surface area (Å²) in [5.41, 5.74) is 5.60. The van der Waals surface area contributed by atoms with E-state index in [2.05, 4.69) is 105 Å². The maximum Gasteiger partial charge on any atom is 0.113 e. The molecule has 3 aromatic rings. The van der Waals surface area contributed by atoms with Crippen LogP contribution in [0.4, 0.5) is 11.4 Å². The van der Waals surface area contributed by atoms with Crippen LogP contribution in [-0.2, 0) is 0 Å². The first-order valence-corrected chi connectivity index (χ1v) is 13.4. The summed E-state index contributed by atoms with van der Waals surface area (Å²) < 4.78 is 0. The Balaban J connectivity index is 2.01. The molecule has 140 valence electrons. The summed E-state index contributed by atoms with van der Waals surface area (Å²) in [5.74, 6) is 0.350. The number of thiophene rings is 1. The van der Waals surface area contributed by atoms with Crippen molar-refractivity contribution in [3.8, 4) is 0 Å². The molecule has 4 heteroatoms. The Morgan fingerprint density at radius 1 is 0.778 bits per heavy atom. The highest BCUT2D eigenvalue weighted by atomic mass is 32.1. The molecule has 0 radical (unpaired) electrons. The minimum Gasteiger partial charge on any atom is -0.378 e. The predicted octanol–water partition coefficient (Wildman–Crippen LogP) is 4.20. The zero-order valence-electron chi connectivity index (χ0n) is 17.1. The quantitative estimate of drug-likeness (QED) is 0.617. The minimum atomic E-state index is -1.79. The van der Waals surface area contributed by atoms with Gasteiger partial charge in [0.2, 0.25) is 0 Å². The topological polar surface area (TPSA) is 6.48 Å². The van der Waals surface area contributed by atoms with Crippen LogP contribution in [0.1, 0.15) is 21.9 Å². The van der Waals surface area contributed by atoms with Crippen molar-refractivity contribution in [2.24, 2.45) is 0 Å². The Kier molecular flexibility index (Phi) is 4.44. The van der Waals surface area contributed by atoms with Gasteiger partial charge in [0, 0.05) is 50.4 Å². The molecule has 0 unspecified atom stereocenters. The SMILES string of the molecule is CN(C)c1ccc2c(c1)[Si](C)(C)c1cc(N(C)C)ccc1C2c1cccs1. The molecule has 0 atom stereocenters. The third kappa shape index (κ3) is 2.91. The van der Waals surface area contributed by atoms with E-state index in [1.54, 1.807) is 10.4 Å². The molecule has 1 aromatic heterocycles. The van der Waals surface area contributed by atoms with Gasteiger partial charge in [-0.05, 0) is 57.2 Å². The number of nitrogens with zero attached hydrogens (tertiary/aromatic N) is 2. The van der Waals surface area contributed by atoms with Gasteiger partial charge in [-0.3, -0.25) is 0 Å². The molecule has 2 nitrogen and oxygen atoms in total. The molecular weight excluding hydrogens is 364 g/mol. The van der Waals surface area contributed by atoms with E-state index in [9.17, 15) is 0 Å². The van der Waals surface area contributed by atoms with Crippen LogP contribution in [0.5, 0.6) is 0 Å². The second-order valence-corrected chi connectivity index (χ2v) is 13.7. The van der Waals surface area contributed by atoms with Crippen molar-refractivity contribution >= 4 is 41.2 Å². The van der Waals surface area contributed by atoms with Crippen LogP contribution < -0.4 is 20.2 Å². The fourth-order valence-corrected chi connectivity index (χ4v) is 8.37. The number of rotatable bonds is 3. The van der Waals surface area contributed by atoms with Crippen molar-refractivity contribution in [3.63, 3.8) is 0 Å². The maximum atomic E-state index is 2.51. The zero-order valence-corrected chi connectivity index (χ0v) is 18.9. The first kappa shape index (κ1) is 18.3. The van der Waals surface area contributed by atoms with Gasteiger partial charge in [-0.25, -0.2) is 0 Å². The van der Waals surface area contributed by atoms with Gasteiger partial charge in [-0.1, -0.05) is 31.3 Å². The molecule has 4 rings (SSSR count). The van der Waals surface area contributed by atoms with Crippen molar-refractivity contribution in [3.05, 3.63) is 69.9 Å². The number of hydrogen-bond donors (Lipinski definition) is 0. The first-order valence-electron chi connectivity index (χ1n) is 9.47. The molecule has 1 aliphatic rings. The van der Waals surface area contributed by atoms with Crippen molar-refractivity contribution in [1.29, 1.82) is 0 Å². The van der Waals surface area contributed by atoms with Gasteiger partial charge >= 0.3 is 0 Å². The average Bonchev–Trinajstić information content (AvgIpc) is 3.15. The molecule has 0 saturated heterocycles. The van der Waals surface area contributed by atoms with E-state index in [0.717, 1.165) is 0 Å². The molecule has 0 aliphatic carbocycles. The third-order valence-corrected chi connectivity index (χ3v) is 10.4. The van der Waals surface area contributed by atoms with Gasteiger partial charge in [0.05, 0.1) is 0 Å². The van der Waals surface area contributed by atoms with Crippen LogP contribution >= 0.6 is 11.3 Å². The van der Waals surface area contributed by atoms with Crippen molar-refractivity contribution in [1.82, 2.24) is 0 Å². The Hall–Kier alpha value is -2.04. The molecular formula is C23H28N2SSi. The Morgan fingerprint density at radius 3 is 1.70 bits per heavy atom. The van der Waals surface area contributed by atoms with E-state index < -0.39 is 8.07 Å². The highest BCUT2D eigenvalue weighted by Gasteiger charge is 2.40. The van der Waals surface area contributed by atoms with Crippen LogP contribution in [0.25, 0.3) is 0 Å². The Morgan fingerprint density at radius 2 is 1.30 bits per heavy atom. The Labute approximate surface area is 168 Å². The Bertz CT molecular complexity index is 913. The largest absolute Gasteiger partial charge is 0.378 e. The van der Waals surface area contributed by atoms with Gasteiger partial charge in [0.15, 0.2) is 0 Å². The summed E-state index contributed by atoms with van der Waals surface area (Å²) in [6, 6.07) is 18.7. The summed E-state index contributed by atoms with van der Waals surface area (Å²) in [5, 5.41) is 5.36. The second-order valence-electron chi connectivity index (χ2n) is 8.41. The lowest BCUT2D eigenvalue weighted by molar-refractivity contribution is 1.00. The molecule has 2 heterocycles. The van der Waals surface area contributed by atoms with Gasteiger partial charge in [-0.2, -0.15) is 0 Å². The standard InChI is InChI=1S/C23H28N2SSi/c1-24(2)16-9-11-18-21(14-16)27(5,6)22-15-17(25(3)4)10-12-19(22)23(18)20-8-7-13-26-20/h7-15,23H,1-6H3. The molecule has 1 aliphatic heterocycles. The first-order chi connectivity index (χ1) is 12.8. The summed E-state index contributed by atoms with van der Waals surface area (Å²) in [4.78, 5) is 5.88. The third-order valence-electron chi connectivity index (χ3n) is 5.90. The fraction of sp³-hybridized carbons (Fsp3) is 0.304. The van der Waals surface area contributed by atoms with Gasteiger partial charge < -0.3 is 9.80 Å². The number of fused-ring (bicyclic) bond motifs is 2. The lowest BCUT2D eigenvalue weighted by atomic mass is 9.88. The average molecular weight is 393 g/mol. The van der Waals surface area contributed by atoms with Crippen LogP contribution in [0.2, 0.25) is 13.1 Å². The van der Waals surface area contributed by atoms with Crippen LogP contribution in [0.15, 0.2) is 53.9 Å². The van der Waals surface area contributed by atoms with Crippen LogP contribution in [0.3, 0.4) is 0 Å². The summed E-state index contributed by atoms with van der Waals surface area (Å²) in [7, 11) is 6.74. The molecule has 0 amide bonds. The lowest BCUT2D eigenvalue weighted by Gasteiger charge is -2.39. The monoisotopic (exact) mass is 392 g/mol. The van der Waals surface area contributed by atoms with Gasteiger partial charge in [0.25, 0.3) is 0 Å². The van der Waals surface area contributed by atoms with E-state index in [1.807, 2.05) is 11.3 Å². The second kappa shape index (κ2) is 6.53. The maximum absolute atomic E-state index is 2.51. The van der Waals surface area contributed by atoms with Gasteiger partial charge in [-0.15, -0.1) is 11.3 Å². The molecule has 0 bridgehead atoms. The summed E-state index contributed by atoms with van der Waals surface area (Å²) in [6.45, 7) is 5.02. The van der Waals surface area contributed by atoms with Crippen LogP contribution in [-0.4, -0.2) is 36.3 Å². The lowest BCUT2D eigenvalue weighted by Crippen LogP contribution is -2.59. The molecule has 2 aromatic carbocycles. The van der Waals surface area contributed by atoms with Gasteiger partial charge in [0.1, 0.15) is 8.07 Å². The normalized spacial score (nSPS) is 15.2. The van der Waals surface area contributed by atoms with E-state index in [4.69, 9.17) is 0 Å². The minimum absolute atomic E-state index is 0.350. The molecule has 27 heavy (non-hydrogen) atoms. The number of anilines is 2. The highest BCUT2D eigenvalue weighted by Crippen LogP contribution is 2.39. The van der Waals surface area contributed by atoms with Crippen LogP contribution in [0, 0.1) is 0 Å². The predicted molar refractivity (Wildman–Crippen MR) is 124 cm³/mol. The van der Waals surface area contributed by atoms with Crippen molar-refractivity contribution in [2.45, 2.75) is 19.0 Å². The van der Waals surface area contributed by atoms with E-state index in [1.165, 1.54) is 27.4 Å². The zero-order chi connectivity index (χ0) is 19.3. The van der Waals surface area contributed by atoms with E-state index in [0.29, 0.717) is 5.92 Å².